The lowest BCUT2D eigenvalue weighted by molar-refractivity contribution is -0.126. The number of carboxylic acid groups (broad SMARTS) is 1. The molecule has 10 nitrogen and oxygen atoms in total. The Bertz CT molecular complexity index is 1300. The Kier molecular flexibility index (Phi) is 11.4. The van der Waals surface area contributed by atoms with Gasteiger partial charge in [-0.1, -0.05) is 81.4 Å². The Morgan fingerprint density at radius 1 is 0.857 bits per heavy atom. The Hall–Kier alpha value is -4.44. The zero-order chi connectivity index (χ0) is 30.7. The fourth-order valence-electron chi connectivity index (χ4n) is 4.73. The Morgan fingerprint density at radius 2 is 1.50 bits per heavy atom. The average Bonchev–Trinajstić information content (AvgIpc) is 2.95. The third-order valence-corrected chi connectivity index (χ3v) is 6.92. The molecule has 1 aromatic heterocycles. The van der Waals surface area contributed by atoms with Crippen LogP contribution in [0.3, 0.4) is 0 Å². The van der Waals surface area contributed by atoms with Crippen molar-refractivity contribution in [3.8, 4) is 11.3 Å². The minimum absolute atomic E-state index is 0.0562. The standard InChI is InChI=1S/C32H40N4O6/c1-32(2,3)28(36-31(41)42-4)29(38)34-24(18-22-13-15-23(16-14-22)25-12-8-9-17-33-25)20-27(37)26(35-30(39)40)19-21-10-6-5-7-11-21/h5-17,24,26-28,35,37H,18-20H2,1-4H3,(H,34,38)(H,36,41)(H,39,40)/t24-,26+,27-,28-/m1/s1. The van der Waals surface area contributed by atoms with Crippen LogP contribution in [0, 0.1) is 5.41 Å². The monoisotopic (exact) mass is 576 g/mol. The second kappa shape index (κ2) is 15.0. The van der Waals surface area contributed by atoms with Crippen LogP contribution in [0.15, 0.2) is 79.0 Å². The molecule has 0 fully saturated rings. The van der Waals surface area contributed by atoms with Crippen molar-refractivity contribution in [2.24, 2.45) is 5.41 Å². The molecular formula is C32H40N4O6. The van der Waals surface area contributed by atoms with Gasteiger partial charge >= 0.3 is 12.2 Å². The maximum atomic E-state index is 13.5. The quantitative estimate of drug-likeness (QED) is 0.217. The number of pyridine rings is 1. The van der Waals surface area contributed by atoms with E-state index in [1.165, 1.54) is 7.11 Å². The van der Waals surface area contributed by atoms with E-state index in [1.54, 1.807) is 6.20 Å². The number of aromatic nitrogens is 1. The van der Waals surface area contributed by atoms with Gasteiger partial charge in [0.2, 0.25) is 5.91 Å². The summed E-state index contributed by atoms with van der Waals surface area (Å²) in [5.41, 5.74) is 2.87. The van der Waals surface area contributed by atoms with E-state index in [-0.39, 0.29) is 12.8 Å². The molecule has 5 N–H and O–H groups in total. The second-order valence-corrected chi connectivity index (χ2v) is 11.3. The molecule has 0 saturated carbocycles. The third kappa shape index (κ3) is 9.88. The average molecular weight is 577 g/mol. The number of hydrogen-bond acceptors (Lipinski definition) is 6. The van der Waals surface area contributed by atoms with Crippen LogP contribution in [-0.4, -0.2) is 64.6 Å². The molecule has 2 aromatic carbocycles. The molecule has 10 heteroatoms. The van der Waals surface area contributed by atoms with Crippen LogP contribution in [0.5, 0.6) is 0 Å². The van der Waals surface area contributed by atoms with E-state index in [9.17, 15) is 24.6 Å². The summed E-state index contributed by atoms with van der Waals surface area (Å²) in [4.78, 5) is 41.5. The number of nitrogens with one attached hydrogen (secondary N) is 3. The van der Waals surface area contributed by atoms with Crippen LogP contribution in [0.4, 0.5) is 9.59 Å². The predicted octanol–water partition coefficient (Wildman–Crippen LogP) is 4.18. The number of nitrogens with zero attached hydrogens (tertiary/aromatic N) is 1. The second-order valence-electron chi connectivity index (χ2n) is 11.3. The number of methoxy groups -OCH3 is 1. The summed E-state index contributed by atoms with van der Waals surface area (Å²) in [5.74, 6) is -0.444. The fraction of sp³-hybridized carbons (Fsp3) is 0.375. The van der Waals surface area contributed by atoms with Crippen molar-refractivity contribution >= 4 is 18.1 Å². The van der Waals surface area contributed by atoms with Gasteiger partial charge < -0.3 is 30.9 Å². The SMILES string of the molecule is COC(=O)N[C@H](C(=O)N[C@H](Cc1ccc(-c2ccccn2)cc1)C[C@@H](O)[C@H](Cc1ccccc1)NC(=O)O)C(C)(C)C. The van der Waals surface area contributed by atoms with Crippen LogP contribution in [-0.2, 0) is 22.4 Å². The van der Waals surface area contributed by atoms with Crippen LogP contribution in [0.25, 0.3) is 11.3 Å². The molecular weight excluding hydrogens is 536 g/mol. The number of aliphatic hydroxyl groups excluding tert-OH is 1. The summed E-state index contributed by atoms with van der Waals surface area (Å²) in [7, 11) is 1.23. The van der Waals surface area contributed by atoms with Crippen LogP contribution in [0.1, 0.15) is 38.3 Å². The number of rotatable bonds is 12. The molecule has 0 unspecified atom stereocenters. The Balaban J connectivity index is 1.85. The minimum Gasteiger partial charge on any atom is -0.465 e. The van der Waals surface area contributed by atoms with Crippen molar-refractivity contribution in [3.05, 3.63) is 90.1 Å². The van der Waals surface area contributed by atoms with Gasteiger partial charge in [-0.25, -0.2) is 9.59 Å². The van der Waals surface area contributed by atoms with E-state index >= 15 is 0 Å². The van der Waals surface area contributed by atoms with Gasteiger partial charge in [0.15, 0.2) is 0 Å². The van der Waals surface area contributed by atoms with Gasteiger partial charge in [0.05, 0.1) is 24.9 Å². The Labute approximate surface area is 246 Å². The lowest BCUT2D eigenvalue weighted by atomic mass is 9.85. The zero-order valence-corrected chi connectivity index (χ0v) is 24.4. The summed E-state index contributed by atoms with van der Waals surface area (Å²) < 4.78 is 4.72. The molecule has 0 spiro atoms. The smallest absolute Gasteiger partial charge is 0.407 e. The van der Waals surface area contributed by atoms with Gasteiger partial charge in [-0.05, 0) is 47.9 Å². The minimum atomic E-state index is -1.25. The van der Waals surface area contributed by atoms with Crippen LogP contribution in [0.2, 0.25) is 0 Å². The molecule has 42 heavy (non-hydrogen) atoms. The number of amides is 3. The molecule has 3 amide bonds. The van der Waals surface area contributed by atoms with Gasteiger partial charge in [-0.15, -0.1) is 0 Å². The normalized spacial score (nSPS) is 14.1. The summed E-state index contributed by atoms with van der Waals surface area (Å²) in [6, 6.07) is 20.3. The molecule has 4 atom stereocenters. The number of hydrogen-bond donors (Lipinski definition) is 5. The van der Waals surface area contributed by atoms with Crippen molar-refractivity contribution in [2.45, 2.75) is 64.3 Å². The number of benzene rings is 2. The van der Waals surface area contributed by atoms with E-state index in [1.807, 2.05) is 93.6 Å². The van der Waals surface area contributed by atoms with Crippen LogP contribution < -0.4 is 16.0 Å². The van der Waals surface area contributed by atoms with Gasteiger partial charge in [0, 0.05) is 17.8 Å². The van der Waals surface area contributed by atoms with E-state index in [4.69, 9.17) is 4.74 Å². The van der Waals surface area contributed by atoms with Crippen molar-refractivity contribution < 1.29 is 29.3 Å². The highest BCUT2D eigenvalue weighted by molar-refractivity contribution is 5.86. The summed E-state index contributed by atoms with van der Waals surface area (Å²) in [5, 5.41) is 28.8. The van der Waals surface area contributed by atoms with E-state index < -0.39 is 47.7 Å². The van der Waals surface area contributed by atoms with Gasteiger partial charge in [-0.2, -0.15) is 0 Å². The highest BCUT2D eigenvalue weighted by Crippen LogP contribution is 2.22. The Morgan fingerprint density at radius 3 is 2.07 bits per heavy atom. The topological polar surface area (TPSA) is 150 Å². The summed E-state index contributed by atoms with van der Waals surface area (Å²) in [6.07, 6.45) is -0.715. The first kappa shape index (κ1) is 32.1. The fourth-order valence-corrected chi connectivity index (χ4v) is 4.73. The maximum absolute atomic E-state index is 13.5. The van der Waals surface area contributed by atoms with Crippen molar-refractivity contribution in [2.75, 3.05) is 7.11 Å². The summed E-state index contributed by atoms with van der Waals surface area (Å²) in [6.45, 7) is 5.46. The van der Waals surface area contributed by atoms with Crippen molar-refractivity contribution in [1.82, 2.24) is 20.9 Å². The lowest BCUT2D eigenvalue weighted by Gasteiger charge is -2.33. The number of aliphatic hydroxyl groups is 1. The molecule has 3 aromatic rings. The molecule has 1 heterocycles. The maximum Gasteiger partial charge on any atom is 0.407 e. The molecule has 3 rings (SSSR count). The molecule has 0 aliphatic rings. The first-order chi connectivity index (χ1) is 20.0. The van der Waals surface area contributed by atoms with Gasteiger partial charge in [0.1, 0.15) is 6.04 Å². The highest BCUT2D eigenvalue weighted by atomic mass is 16.5. The number of ether oxygens (including phenoxy) is 1. The molecule has 0 saturated heterocycles. The van der Waals surface area contributed by atoms with Gasteiger partial charge in [0.25, 0.3) is 0 Å². The van der Waals surface area contributed by atoms with E-state index in [2.05, 4.69) is 20.9 Å². The molecule has 0 aliphatic carbocycles. The number of carbonyl (C=O) groups excluding carboxylic acids is 2. The predicted molar refractivity (Wildman–Crippen MR) is 160 cm³/mol. The first-order valence-electron chi connectivity index (χ1n) is 13.8. The van der Waals surface area contributed by atoms with E-state index in [0.717, 1.165) is 22.4 Å². The summed E-state index contributed by atoms with van der Waals surface area (Å²) >= 11 is 0. The highest BCUT2D eigenvalue weighted by Gasteiger charge is 2.35. The molecule has 224 valence electrons. The third-order valence-electron chi connectivity index (χ3n) is 6.92. The molecule has 0 aliphatic heterocycles. The number of alkyl carbamates (subject to hydrolysis) is 1. The first-order valence-corrected chi connectivity index (χ1v) is 13.8. The van der Waals surface area contributed by atoms with Gasteiger partial charge in [-0.3, -0.25) is 9.78 Å². The molecule has 0 radical (unpaired) electrons. The van der Waals surface area contributed by atoms with E-state index in [0.29, 0.717) is 6.42 Å². The van der Waals surface area contributed by atoms with Crippen LogP contribution >= 0.6 is 0 Å². The van der Waals surface area contributed by atoms with Crippen molar-refractivity contribution in [3.63, 3.8) is 0 Å². The number of carbonyl (C=O) groups is 3. The van der Waals surface area contributed by atoms with Crippen molar-refractivity contribution in [1.29, 1.82) is 0 Å². The zero-order valence-electron chi connectivity index (χ0n) is 24.4. The lowest BCUT2D eigenvalue weighted by Crippen LogP contribution is -2.56. The molecule has 0 bridgehead atoms. The largest absolute Gasteiger partial charge is 0.465 e.